The molecule has 0 spiro atoms. The molecule has 0 aliphatic carbocycles. The van der Waals surface area contributed by atoms with Gasteiger partial charge in [0.25, 0.3) is 11.8 Å². The number of aryl methyl sites for hydroxylation is 1. The number of carbonyl (C=O) groups excluding carboxylic acids is 2. The summed E-state index contributed by atoms with van der Waals surface area (Å²) in [7, 11) is 2.81. The number of nitrogens with one attached hydrogen (secondary N) is 1. The molecule has 0 bridgehead atoms. The second-order valence-corrected chi connectivity index (χ2v) is 9.62. The maximum atomic E-state index is 13.0. The molecule has 2 aliphatic heterocycles. The smallest absolute Gasteiger partial charge is 0.352 e. The number of nitro benzene ring substituents is 1. The van der Waals surface area contributed by atoms with Crippen molar-refractivity contribution < 1.29 is 34.4 Å². The SMILES string of the molecule is CO/N=C(/C(=O)NC1C(=O)N2C(C(=O)O)=C(CSc3nnnn3C)CS[C@H]12)c1ccc(O)c([N+](=O)[O-])c1. The minimum atomic E-state index is -1.28. The van der Waals surface area contributed by atoms with Crippen LogP contribution in [0.1, 0.15) is 5.56 Å². The predicted molar refractivity (Wildman–Crippen MR) is 128 cm³/mol. The Morgan fingerprint density at radius 2 is 2.19 bits per heavy atom. The van der Waals surface area contributed by atoms with Gasteiger partial charge < -0.3 is 20.4 Å². The largest absolute Gasteiger partial charge is 0.502 e. The molecule has 37 heavy (non-hydrogen) atoms. The monoisotopic (exact) mass is 550 g/mol. The van der Waals surface area contributed by atoms with Crippen molar-refractivity contribution in [2.24, 2.45) is 12.2 Å². The number of carboxylic acid groups (broad SMARTS) is 1. The molecule has 18 heteroatoms. The van der Waals surface area contributed by atoms with Gasteiger partial charge in [-0.3, -0.25) is 24.6 Å². The van der Waals surface area contributed by atoms with Gasteiger partial charge in [0.15, 0.2) is 11.5 Å². The minimum absolute atomic E-state index is 0.0347. The summed E-state index contributed by atoms with van der Waals surface area (Å²) in [6.07, 6.45) is 0. The van der Waals surface area contributed by atoms with Crippen LogP contribution in [0.3, 0.4) is 0 Å². The van der Waals surface area contributed by atoms with Crippen molar-refractivity contribution in [2.75, 3.05) is 18.6 Å². The Morgan fingerprint density at radius 1 is 1.43 bits per heavy atom. The number of β-lactam (4-membered cyclic amide) rings is 1. The van der Waals surface area contributed by atoms with Crippen molar-refractivity contribution in [3.05, 3.63) is 45.1 Å². The lowest BCUT2D eigenvalue weighted by atomic mass is 10.0. The molecule has 1 aromatic heterocycles. The Kier molecular flexibility index (Phi) is 7.30. The number of benzene rings is 1. The highest BCUT2D eigenvalue weighted by Gasteiger charge is 2.54. The van der Waals surface area contributed by atoms with Crippen LogP contribution < -0.4 is 5.32 Å². The summed E-state index contributed by atoms with van der Waals surface area (Å²) < 4.78 is 1.44. The first-order valence-electron chi connectivity index (χ1n) is 10.3. The molecule has 1 aromatic carbocycles. The van der Waals surface area contributed by atoms with Crippen LogP contribution in [0.2, 0.25) is 0 Å². The van der Waals surface area contributed by atoms with Gasteiger partial charge in [-0.2, -0.15) is 0 Å². The lowest BCUT2D eigenvalue weighted by Gasteiger charge is -2.49. The lowest BCUT2D eigenvalue weighted by Crippen LogP contribution is -2.71. The second-order valence-electron chi connectivity index (χ2n) is 7.58. The van der Waals surface area contributed by atoms with E-state index >= 15 is 0 Å². The van der Waals surface area contributed by atoms with Crippen molar-refractivity contribution in [3.63, 3.8) is 0 Å². The number of nitro groups is 1. The molecule has 1 fully saturated rings. The number of hydrogen-bond donors (Lipinski definition) is 3. The van der Waals surface area contributed by atoms with Crippen LogP contribution in [-0.4, -0.2) is 93.8 Å². The van der Waals surface area contributed by atoms with Gasteiger partial charge in [-0.25, -0.2) is 9.48 Å². The van der Waals surface area contributed by atoms with Crippen LogP contribution in [0.5, 0.6) is 5.75 Å². The van der Waals surface area contributed by atoms with Crippen LogP contribution in [-0.2, 0) is 26.3 Å². The topological polar surface area (TPSA) is 215 Å². The van der Waals surface area contributed by atoms with E-state index in [9.17, 15) is 34.7 Å². The number of fused-ring (bicyclic) bond motifs is 1. The highest BCUT2D eigenvalue weighted by molar-refractivity contribution is 8.01. The number of aromatic hydroxyl groups is 1. The first-order chi connectivity index (χ1) is 17.6. The van der Waals surface area contributed by atoms with E-state index in [1.165, 1.54) is 34.3 Å². The third-order valence-electron chi connectivity index (χ3n) is 5.34. The van der Waals surface area contributed by atoms with E-state index in [1.54, 1.807) is 7.05 Å². The molecule has 1 saturated heterocycles. The van der Waals surface area contributed by atoms with E-state index < -0.39 is 45.6 Å². The van der Waals surface area contributed by atoms with Gasteiger partial charge in [0.2, 0.25) is 5.16 Å². The van der Waals surface area contributed by atoms with Crippen LogP contribution >= 0.6 is 23.5 Å². The van der Waals surface area contributed by atoms with Crippen molar-refractivity contribution in [3.8, 4) is 5.75 Å². The summed E-state index contributed by atoms with van der Waals surface area (Å²) in [4.78, 5) is 54.1. The molecule has 2 atom stereocenters. The minimum Gasteiger partial charge on any atom is -0.502 e. The zero-order valence-electron chi connectivity index (χ0n) is 19.1. The number of rotatable bonds is 9. The van der Waals surface area contributed by atoms with Gasteiger partial charge in [-0.15, -0.1) is 16.9 Å². The van der Waals surface area contributed by atoms with E-state index in [2.05, 4.69) is 26.0 Å². The number of phenols is 1. The van der Waals surface area contributed by atoms with Crippen LogP contribution in [0, 0.1) is 10.1 Å². The Hall–Kier alpha value is -4.19. The van der Waals surface area contributed by atoms with Gasteiger partial charge in [-0.05, 0) is 28.1 Å². The first kappa shape index (κ1) is 25.9. The summed E-state index contributed by atoms with van der Waals surface area (Å²) in [6, 6.07) is 2.13. The molecule has 0 radical (unpaired) electrons. The summed E-state index contributed by atoms with van der Waals surface area (Å²) in [6.45, 7) is 0. The summed E-state index contributed by atoms with van der Waals surface area (Å²) in [5.41, 5.74) is -0.727. The van der Waals surface area contributed by atoms with Crippen molar-refractivity contribution in [1.29, 1.82) is 0 Å². The standard InChI is InChI=1S/C19H18N8O8S2/c1-25-19(21-23-24-25)37-7-9-6-36-17-13(16(30)26(17)14(9)18(31)32)20-15(29)12(22-35-2)8-3-4-11(28)10(5-8)27(33)34/h3-5,13,17,28H,6-7H2,1-2H3,(H,20,29)(H,31,32)/b22-12+/t13?,17-/m1/s1. The third kappa shape index (κ3) is 4.92. The highest BCUT2D eigenvalue weighted by atomic mass is 32.2. The molecule has 2 aromatic rings. The van der Waals surface area contributed by atoms with Crippen molar-refractivity contribution in [1.82, 2.24) is 30.4 Å². The molecular weight excluding hydrogens is 532 g/mol. The maximum absolute atomic E-state index is 13.0. The Bertz CT molecular complexity index is 1360. The molecule has 194 valence electrons. The Balaban J connectivity index is 1.52. The molecule has 2 aliphatic rings. The zero-order chi connectivity index (χ0) is 26.9. The molecule has 3 heterocycles. The third-order valence-corrected chi connectivity index (χ3v) is 7.77. The maximum Gasteiger partial charge on any atom is 0.352 e. The summed E-state index contributed by atoms with van der Waals surface area (Å²) in [5, 5.41) is 47.6. The second kappa shape index (κ2) is 10.4. The van der Waals surface area contributed by atoms with Gasteiger partial charge >= 0.3 is 11.7 Å². The van der Waals surface area contributed by atoms with E-state index in [1.807, 2.05) is 0 Å². The predicted octanol–water partition coefficient (Wildman–Crippen LogP) is -0.295. The number of oxime groups is 1. The number of hydrogen-bond acceptors (Lipinski definition) is 13. The number of phenolic OH excluding ortho intramolecular Hbond substituents is 1. The number of amides is 2. The van der Waals surface area contributed by atoms with Crippen LogP contribution in [0.25, 0.3) is 0 Å². The number of nitrogens with zero attached hydrogens (tertiary/aromatic N) is 7. The number of thioether (sulfide) groups is 2. The van der Waals surface area contributed by atoms with E-state index in [0.717, 1.165) is 24.1 Å². The number of carbonyl (C=O) groups is 3. The molecule has 2 amide bonds. The average Bonchev–Trinajstić information content (AvgIpc) is 3.28. The van der Waals surface area contributed by atoms with E-state index in [-0.39, 0.29) is 28.5 Å². The van der Waals surface area contributed by atoms with Gasteiger partial charge in [0.05, 0.1) is 4.92 Å². The lowest BCUT2D eigenvalue weighted by molar-refractivity contribution is -0.385. The highest BCUT2D eigenvalue weighted by Crippen LogP contribution is 2.41. The fourth-order valence-corrected chi connectivity index (χ4v) is 5.97. The molecule has 4 rings (SSSR count). The fraction of sp³-hybridized carbons (Fsp3) is 0.316. The first-order valence-corrected chi connectivity index (χ1v) is 12.3. The van der Waals surface area contributed by atoms with Gasteiger partial charge in [-0.1, -0.05) is 16.9 Å². The fourth-order valence-electron chi connectivity index (χ4n) is 3.63. The molecule has 16 nitrogen and oxygen atoms in total. The summed E-state index contributed by atoms with van der Waals surface area (Å²) >= 11 is 2.49. The van der Waals surface area contributed by atoms with Crippen molar-refractivity contribution in [2.45, 2.75) is 16.6 Å². The molecule has 1 unspecified atom stereocenters. The van der Waals surface area contributed by atoms with E-state index in [4.69, 9.17) is 4.84 Å². The molecule has 0 saturated carbocycles. The normalized spacial score (nSPS) is 19.2. The van der Waals surface area contributed by atoms with Crippen LogP contribution in [0.15, 0.2) is 39.8 Å². The quantitative estimate of drug-likeness (QED) is 0.120. The number of carboxylic acids is 1. The van der Waals surface area contributed by atoms with E-state index in [0.29, 0.717) is 10.7 Å². The van der Waals surface area contributed by atoms with Gasteiger partial charge in [0, 0.05) is 30.2 Å². The number of aromatic nitrogens is 4. The Morgan fingerprint density at radius 3 is 2.81 bits per heavy atom. The average molecular weight is 551 g/mol. The number of aliphatic carboxylic acids is 1. The summed E-state index contributed by atoms with van der Waals surface area (Å²) in [5.74, 6) is -2.89. The van der Waals surface area contributed by atoms with Crippen LogP contribution in [0.4, 0.5) is 5.69 Å². The molecular formula is C19H18N8O8S2. The number of tetrazole rings is 1. The molecule has 3 N–H and O–H groups in total. The van der Waals surface area contributed by atoms with Gasteiger partial charge in [0.1, 0.15) is 24.2 Å². The van der Waals surface area contributed by atoms with Crippen molar-refractivity contribution >= 4 is 52.7 Å². The Labute approximate surface area is 215 Å². The zero-order valence-corrected chi connectivity index (χ0v) is 20.7.